The maximum absolute atomic E-state index is 5.22. The van der Waals surface area contributed by atoms with Gasteiger partial charge < -0.3 is 15.0 Å². The lowest BCUT2D eigenvalue weighted by atomic mass is 10.1. The van der Waals surface area contributed by atoms with E-state index in [2.05, 4.69) is 29.2 Å². The zero-order chi connectivity index (χ0) is 18.7. The molecule has 0 fully saturated rings. The highest BCUT2D eigenvalue weighted by atomic mass is 32.1. The first-order valence-corrected chi connectivity index (χ1v) is 9.35. The SMILES string of the molecule is COc1ccc(-n2ncc(C(C)NCc3cnc(N(C)C)s3)c2C)cc1. The summed E-state index contributed by atoms with van der Waals surface area (Å²) in [5.41, 5.74) is 3.35. The minimum Gasteiger partial charge on any atom is -0.497 e. The third kappa shape index (κ3) is 3.89. The van der Waals surface area contributed by atoms with Crippen molar-refractivity contribution in [2.45, 2.75) is 26.4 Å². The lowest BCUT2D eigenvalue weighted by molar-refractivity contribution is 0.414. The number of methoxy groups -OCH3 is 1. The van der Waals surface area contributed by atoms with Crippen molar-refractivity contribution < 1.29 is 4.74 Å². The zero-order valence-electron chi connectivity index (χ0n) is 15.9. The number of anilines is 1. The van der Waals surface area contributed by atoms with E-state index in [1.165, 1.54) is 10.4 Å². The fraction of sp³-hybridized carbons (Fsp3) is 0.368. The number of aromatic nitrogens is 3. The van der Waals surface area contributed by atoms with Crippen LogP contribution in [0.1, 0.15) is 29.1 Å². The summed E-state index contributed by atoms with van der Waals surface area (Å²) >= 11 is 1.71. The van der Waals surface area contributed by atoms with Gasteiger partial charge in [-0.05, 0) is 38.1 Å². The molecule has 7 heteroatoms. The van der Waals surface area contributed by atoms with Gasteiger partial charge in [0.2, 0.25) is 0 Å². The van der Waals surface area contributed by atoms with Crippen molar-refractivity contribution in [3.8, 4) is 11.4 Å². The second-order valence-corrected chi connectivity index (χ2v) is 7.49. The van der Waals surface area contributed by atoms with Crippen molar-refractivity contribution in [1.82, 2.24) is 20.1 Å². The third-order valence-corrected chi connectivity index (χ3v) is 5.50. The number of nitrogens with zero attached hydrogens (tertiary/aromatic N) is 4. The van der Waals surface area contributed by atoms with Gasteiger partial charge in [-0.15, -0.1) is 11.3 Å². The molecule has 3 rings (SSSR count). The highest BCUT2D eigenvalue weighted by Gasteiger charge is 2.15. The summed E-state index contributed by atoms with van der Waals surface area (Å²) in [5, 5.41) is 9.16. The van der Waals surface area contributed by atoms with E-state index >= 15 is 0 Å². The molecule has 138 valence electrons. The van der Waals surface area contributed by atoms with Crippen LogP contribution in [-0.4, -0.2) is 36.0 Å². The summed E-state index contributed by atoms with van der Waals surface area (Å²) in [6.07, 6.45) is 3.88. The van der Waals surface area contributed by atoms with Crippen molar-refractivity contribution in [3.05, 3.63) is 52.8 Å². The number of thiazole rings is 1. The zero-order valence-corrected chi connectivity index (χ0v) is 16.7. The lowest BCUT2D eigenvalue weighted by Crippen LogP contribution is -2.18. The Morgan fingerprint density at radius 1 is 1.23 bits per heavy atom. The van der Waals surface area contributed by atoms with Gasteiger partial charge in [0.05, 0.1) is 19.0 Å². The van der Waals surface area contributed by atoms with E-state index in [0.717, 1.165) is 28.8 Å². The van der Waals surface area contributed by atoms with Crippen LogP contribution in [0.25, 0.3) is 5.69 Å². The molecule has 0 saturated carbocycles. The van der Waals surface area contributed by atoms with Gasteiger partial charge in [0.25, 0.3) is 0 Å². The normalized spacial score (nSPS) is 12.2. The predicted molar refractivity (Wildman–Crippen MR) is 107 cm³/mol. The number of benzene rings is 1. The van der Waals surface area contributed by atoms with E-state index in [0.29, 0.717) is 0 Å². The van der Waals surface area contributed by atoms with E-state index in [1.807, 2.05) is 60.3 Å². The molecule has 6 nitrogen and oxygen atoms in total. The van der Waals surface area contributed by atoms with Crippen LogP contribution in [0.5, 0.6) is 5.75 Å². The van der Waals surface area contributed by atoms with E-state index in [9.17, 15) is 0 Å². The Morgan fingerprint density at radius 2 is 1.96 bits per heavy atom. The first kappa shape index (κ1) is 18.4. The van der Waals surface area contributed by atoms with Crippen LogP contribution in [0.2, 0.25) is 0 Å². The Hall–Kier alpha value is -2.38. The molecular formula is C19H25N5OS. The Labute approximate surface area is 158 Å². The Bertz CT molecular complexity index is 853. The van der Waals surface area contributed by atoms with Crippen LogP contribution < -0.4 is 15.0 Å². The van der Waals surface area contributed by atoms with Crippen LogP contribution in [0.3, 0.4) is 0 Å². The molecule has 1 aromatic carbocycles. The van der Waals surface area contributed by atoms with Crippen LogP contribution >= 0.6 is 11.3 Å². The van der Waals surface area contributed by atoms with Gasteiger partial charge in [-0.2, -0.15) is 5.10 Å². The number of hydrogen-bond acceptors (Lipinski definition) is 6. The molecule has 2 heterocycles. The summed E-state index contributed by atoms with van der Waals surface area (Å²) < 4.78 is 7.18. The molecule has 0 spiro atoms. The Balaban J connectivity index is 1.69. The third-order valence-electron chi connectivity index (χ3n) is 4.34. The van der Waals surface area contributed by atoms with Gasteiger partial charge in [0, 0.05) is 49.0 Å². The average Bonchev–Trinajstić information content (AvgIpc) is 3.27. The maximum Gasteiger partial charge on any atom is 0.185 e. The van der Waals surface area contributed by atoms with Gasteiger partial charge in [-0.25, -0.2) is 9.67 Å². The van der Waals surface area contributed by atoms with Crippen molar-refractivity contribution in [2.75, 3.05) is 26.1 Å². The molecule has 0 saturated heterocycles. The van der Waals surface area contributed by atoms with E-state index < -0.39 is 0 Å². The molecule has 1 unspecified atom stereocenters. The Kier molecular flexibility index (Phi) is 5.58. The molecule has 0 aliphatic rings. The van der Waals surface area contributed by atoms with Crippen LogP contribution in [-0.2, 0) is 6.54 Å². The quantitative estimate of drug-likeness (QED) is 0.688. The summed E-state index contributed by atoms with van der Waals surface area (Å²) in [7, 11) is 5.69. The van der Waals surface area contributed by atoms with E-state index in [-0.39, 0.29) is 6.04 Å². The fourth-order valence-corrected chi connectivity index (χ4v) is 3.56. The predicted octanol–water partition coefficient (Wildman–Crippen LogP) is 3.56. The van der Waals surface area contributed by atoms with Crippen molar-refractivity contribution >= 4 is 16.5 Å². The molecule has 2 aromatic heterocycles. The molecule has 1 atom stereocenters. The summed E-state index contributed by atoms with van der Waals surface area (Å²) in [5.74, 6) is 0.843. The largest absolute Gasteiger partial charge is 0.497 e. The van der Waals surface area contributed by atoms with Crippen LogP contribution in [0.4, 0.5) is 5.13 Å². The smallest absolute Gasteiger partial charge is 0.185 e. The number of rotatable bonds is 7. The summed E-state index contributed by atoms with van der Waals surface area (Å²) in [6, 6.07) is 8.13. The second kappa shape index (κ2) is 7.88. The van der Waals surface area contributed by atoms with Gasteiger partial charge in [0.1, 0.15) is 5.75 Å². The van der Waals surface area contributed by atoms with Crippen molar-refractivity contribution in [1.29, 1.82) is 0 Å². The monoisotopic (exact) mass is 371 g/mol. The summed E-state index contributed by atoms with van der Waals surface area (Å²) in [4.78, 5) is 7.67. The standard InChI is InChI=1S/C19H25N5OS/c1-13(20-10-17-11-21-19(26-17)23(3)4)18-12-22-24(14(18)2)15-6-8-16(25-5)9-7-15/h6-9,11-13,20H,10H2,1-5H3. The molecule has 0 aliphatic carbocycles. The highest BCUT2D eigenvalue weighted by Crippen LogP contribution is 2.24. The maximum atomic E-state index is 5.22. The minimum atomic E-state index is 0.201. The minimum absolute atomic E-state index is 0.201. The lowest BCUT2D eigenvalue weighted by Gasteiger charge is -2.13. The average molecular weight is 372 g/mol. The molecule has 26 heavy (non-hydrogen) atoms. The molecule has 1 N–H and O–H groups in total. The molecule has 0 radical (unpaired) electrons. The molecule has 0 amide bonds. The first-order chi connectivity index (χ1) is 12.5. The molecule has 0 aliphatic heterocycles. The number of hydrogen-bond donors (Lipinski definition) is 1. The van der Waals surface area contributed by atoms with Gasteiger partial charge in [-0.3, -0.25) is 0 Å². The van der Waals surface area contributed by atoms with Gasteiger partial charge >= 0.3 is 0 Å². The summed E-state index contributed by atoms with van der Waals surface area (Å²) in [6.45, 7) is 5.05. The Morgan fingerprint density at radius 3 is 2.58 bits per heavy atom. The number of nitrogens with one attached hydrogen (secondary N) is 1. The fourth-order valence-electron chi connectivity index (χ4n) is 2.78. The molecule has 3 aromatic rings. The second-order valence-electron chi connectivity index (χ2n) is 6.40. The molecule has 0 bridgehead atoms. The topological polar surface area (TPSA) is 55.2 Å². The molecular weight excluding hydrogens is 346 g/mol. The highest BCUT2D eigenvalue weighted by molar-refractivity contribution is 7.15. The van der Waals surface area contributed by atoms with E-state index in [1.54, 1.807) is 18.4 Å². The van der Waals surface area contributed by atoms with Crippen LogP contribution in [0.15, 0.2) is 36.7 Å². The van der Waals surface area contributed by atoms with Crippen molar-refractivity contribution in [2.24, 2.45) is 0 Å². The van der Waals surface area contributed by atoms with Gasteiger partial charge in [0.15, 0.2) is 5.13 Å². The van der Waals surface area contributed by atoms with Crippen LogP contribution in [0, 0.1) is 6.92 Å². The van der Waals surface area contributed by atoms with Gasteiger partial charge in [-0.1, -0.05) is 0 Å². The van der Waals surface area contributed by atoms with Crippen molar-refractivity contribution in [3.63, 3.8) is 0 Å². The number of ether oxygens (including phenoxy) is 1. The van der Waals surface area contributed by atoms with E-state index in [4.69, 9.17) is 4.74 Å². The first-order valence-electron chi connectivity index (χ1n) is 8.54.